The Morgan fingerprint density at radius 1 is 1.06 bits per heavy atom. The van der Waals surface area contributed by atoms with E-state index in [1.54, 1.807) is 12.4 Å². The third-order valence-corrected chi connectivity index (χ3v) is 6.10. The van der Waals surface area contributed by atoms with Crippen LogP contribution in [-0.2, 0) is 11.3 Å². The third-order valence-electron chi connectivity index (χ3n) is 6.10. The molecule has 1 amide bonds. The van der Waals surface area contributed by atoms with Gasteiger partial charge < -0.3 is 25.6 Å². The largest absolute Gasteiger partial charge is 0.378 e. The Labute approximate surface area is 208 Å². The summed E-state index contributed by atoms with van der Waals surface area (Å²) in [5, 5.41) is 8.96. The molecule has 6 rings (SSSR count). The number of ether oxygens (including phenoxy) is 1. The van der Waals surface area contributed by atoms with Gasteiger partial charge in [0.25, 0.3) is 5.91 Å². The van der Waals surface area contributed by atoms with Crippen LogP contribution in [0.2, 0.25) is 0 Å². The van der Waals surface area contributed by atoms with E-state index in [4.69, 9.17) is 4.74 Å². The van der Waals surface area contributed by atoms with Crippen LogP contribution in [0.4, 0.5) is 21.6 Å². The minimum Gasteiger partial charge on any atom is -0.378 e. The van der Waals surface area contributed by atoms with Crippen molar-refractivity contribution in [1.82, 2.24) is 25.0 Å². The topological polar surface area (TPSA) is 95.8 Å². The first-order valence-electron chi connectivity index (χ1n) is 11.8. The number of nitrogens with one attached hydrogen (secondary N) is 3. The van der Waals surface area contributed by atoms with Crippen LogP contribution in [0.25, 0.3) is 16.9 Å². The molecule has 3 aromatic heterocycles. The van der Waals surface area contributed by atoms with Crippen LogP contribution in [0.1, 0.15) is 15.9 Å². The Balaban J connectivity index is 0.000000848. The molecule has 1 aromatic carbocycles. The summed E-state index contributed by atoms with van der Waals surface area (Å²) in [4.78, 5) is 23.8. The van der Waals surface area contributed by atoms with Crippen LogP contribution >= 0.6 is 0 Å². The molecule has 0 atom stereocenters. The quantitative estimate of drug-likeness (QED) is 0.405. The summed E-state index contributed by atoms with van der Waals surface area (Å²) in [6.45, 7) is 3.54. The molecule has 0 radical (unpaired) electrons. The number of rotatable bonds is 4. The number of nitrogens with zero attached hydrogens (tertiary/aromatic N) is 4. The maximum absolute atomic E-state index is 13.6. The summed E-state index contributed by atoms with van der Waals surface area (Å²) in [6, 6.07) is 10.5. The van der Waals surface area contributed by atoms with E-state index < -0.39 is 0 Å². The number of amides is 1. The molecule has 0 unspecified atom stereocenters. The van der Waals surface area contributed by atoms with Crippen molar-refractivity contribution in [2.24, 2.45) is 0 Å². The Morgan fingerprint density at radius 2 is 1.86 bits per heavy atom. The molecule has 5 heterocycles. The number of imidazole rings is 1. The van der Waals surface area contributed by atoms with Gasteiger partial charge in [0.15, 0.2) is 0 Å². The maximum atomic E-state index is 13.6. The Morgan fingerprint density at radius 3 is 2.61 bits per heavy atom. The van der Waals surface area contributed by atoms with Gasteiger partial charge in [0.1, 0.15) is 17.3 Å². The van der Waals surface area contributed by atoms with E-state index in [0.717, 1.165) is 48.8 Å². The lowest BCUT2D eigenvalue weighted by molar-refractivity contribution is 0.0966. The lowest BCUT2D eigenvalue weighted by Crippen LogP contribution is -2.36. The first-order valence-corrected chi connectivity index (χ1v) is 11.8. The molecule has 36 heavy (non-hydrogen) atoms. The summed E-state index contributed by atoms with van der Waals surface area (Å²) in [5.41, 5.74) is 5.40. The molecule has 186 valence electrons. The van der Waals surface area contributed by atoms with Crippen LogP contribution in [-0.4, -0.2) is 60.7 Å². The van der Waals surface area contributed by atoms with Crippen molar-refractivity contribution in [1.29, 1.82) is 0 Å². The van der Waals surface area contributed by atoms with Crippen molar-refractivity contribution in [2.45, 2.75) is 6.54 Å². The van der Waals surface area contributed by atoms with E-state index in [1.165, 1.54) is 12.1 Å². The molecule has 10 heteroatoms. The van der Waals surface area contributed by atoms with Crippen LogP contribution in [0.5, 0.6) is 0 Å². The van der Waals surface area contributed by atoms with Crippen LogP contribution < -0.4 is 20.9 Å². The number of hydrogen-bond acceptors (Lipinski definition) is 7. The highest BCUT2D eigenvalue weighted by Crippen LogP contribution is 2.35. The second kappa shape index (κ2) is 10.3. The smallest absolute Gasteiger partial charge is 0.254 e. The van der Waals surface area contributed by atoms with Crippen LogP contribution in [0.15, 0.2) is 55.0 Å². The summed E-state index contributed by atoms with van der Waals surface area (Å²) in [7, 11) is 3.75. The molecule has 2 aliphatic rings. The van der Waals surface area contributed by atoms with E-state index in [-0.39, 0.29) is 11.7 Å². The van der Waals surface area contributed by atoms with Crippen LogP contribution in [0.3, 0.4) is 0 Å². The number of halogens is 1. The van der Waals surface area contributed by atoms with Gasteiger partial charge in [-0.2, -0.15) is 0 Å². The van der Waals surface area contributed by atoms with Crippen LogP contribution in [0, 0.1) is 5.82 Å². The summed E-state index contributed by atoms with van der Waals surface area (Å²) in [5.74, 6) is 0.180. The second-order valence-electron chi connectivity index (χ2n) is 8.54. The standard InChI is InChI=1S/C24H21FN6O2.C2H7N/c25-15-5-6-31-20(14-27-22(31)11-15)17-2-3-19(23-18(17)13-28-24(23)32)29-21-4-1-16(12-26-21)30-7-9-33-10-8-30;1-3-2/h1-6,11-12,14H,7-10,13H2,(H,26,29)(H,28,32);3H,1-2H3. The molecule has 2 aliphatic heterocycles. The summed E-state index contributed by atoms with van der Waals surface area (Å²) in [6.07, 6.45) is 5.18. The predicted octanol–water partition coefficient (Wildman–Crippen LogP) is 3.19. The fraction of sp³-hybridized carbons (Fsp3) is 0.269. The number of benzene rings is 1. The first kappa shape index (κ1) is 23.7. The highest BCUT2D eigenvalue weighted by molar-refractivity contribution is 6.06. The van der Waals surface area contributed by atoms with Gasteiger partial charge in [-0.1, -0.05) is 6.07 Å². The number of aromatic nitrogens is 3. The minimum atomic E-state index is -0.339. The molecular weight excluding hydrogens is 461 g/mol. The Hall–Kier alpha value is -4.02. The number of carbonyl (C=O) groups excluding carboxylic acids is 1. The fourth-order valence-electron chi connectivity index (χ4n) is 4.45. The Bertz CT molecular complexity index is 1380. The van der Waals surface area contributed by atoms with Gasteiger partial charge in [0.05, 0.1) is 48.2 Å². The van der Waals surface area contributed by atoms with Crippen molar-refractivity contribution >= 4 is 28.7 Å². The molecule has 0 bridgehead atoms. The highest BCUT2D eigenvalue weighted by atomic mass is 19.1. The predicted molar refractivity (Wildman–Crippen MR) is 137 cm³/mol. The zero-order valence-electron chi connectivity index (χ0n) is 20.2. The monoisotopic (exact) mass is 489 g/mol. The average Bonchev–Trinajstić information content (AvgIpc) is 3.49. The number of anilines is 3. The molecule has 3 N–H and O–H groups in total. The van der Waals surface area contributed by atoms with Gasteiger partial charge >= 0.3 is 0 Å². The van der Waals surface area contributed by atoms with E-state index in [2.05, 4.69) is 30.8 Å². The van der Waals surface area contributed by atoms with E-state index >= 15 is 0 Å². The highest BCUT2D eigenvalue weighted by Gasteiger charge is 2.27. The van der Waals surface area contributed by atoms with E-state index in [0.29, 0.717) is 29.3 Å². The first-order chi connectivity index (χ1) is 17.6. The molecule has 0 aliphatic carbocycles. The van der Waals surface area contributed by atoms with Crippen molar-refractivity contribution in [3.63, 3.8) is 0 Å². The zero-order valence-corrected chi connectivity index (χ0v) is 20.2. The van der Waals surface area contributed by atoms with Crippen molar-refractivity contribution in [3.05, 3.63) is 71.9 Å². The summed E-state index contributed by atoms with van der Waals surface area (Å²) < 4.78 is 20.8. The molecule has 0 spiro atoms. The van der Waals surface area contributed by atoms with Gasteiger partial charge in [-0.25, -0.2) is 14.4 Å². The molecule has 1 fully saturated rings. The molecule has 1 saturated heterocycles. The maximum Gasteiger partial charge on any atom is 0.254 e. The molecule has 0 saturated carbocycles. The van der Waals surface area contributed by atoms with Crippen molar-refractivity contribution in [3.8, 4) is 11.3 Å². The number of hydrogen-bond donors (Lipinski definition) is 3. The Kier molecular flexibility index (Phi) is 6.79. The van der Waals surface area contributed by atoms with Gasteiger partial charge in [-0.3, -0.25) is 9.20 Å². The number of fused-ring (bicyclic) bond motifs is 2. The molecule has 9 nitrogen and oxygen atoms in total. The second-order valence-corrected chi connectivity index (χ2v) is 8.54. The summed E-state index contributed by atoms with van der Waals surface area (Å²) >= 11 is 0. The van der Waals surface area contributed by atoms with E-state index in [9.17, 15) is 9.18 Å². The number of morpholine rings is 1. The van der Waals surface area contributed by atoms with Crippen molar-refractivity contribution < 1.29 is 13.9 Å². The zero-order chi connectivity index (χ0) is 25.1. The average molecular weight is 490 g/mol. The third kappa shape index (κ3) is 4.60. The minimum absolute atomic E-state index is 0.140. The normalized spacial score (nSPS) is 14.8. The van der Waals surface area contributed by atoms with E-state index in [1.807, 2.05) is 49.0 Å². The molecular formula is C26H28FN7O2. The van der Waals surface area contributed by atoms with Gasteiger partial charge in [-0.15, -0.1) is 0 Å². The fourth-order valence-corrected chi connectivity index (χ4v) is 4.45. The van der Waals surface area contributed by atoms with Crippen molar-refractivity contribution in [2.75, 3.05) is 50.6 Å². The number of carbonyl (C=O) groups is 1. The lowest BCUT2D eigenvalue weighted by atomic mass is 9.99. The van der Waals surface area contributed by atoms with Gasteiger partial charge in [0.2, 0.25) is 0 Å². The lowest BCUT2D eigenvalue weighted by Gasteiger charge is -2.28. The van der Waals surface area contributed by atoms with Gasteiger partial charge in [0, 0.05) is 37.5 Å². The van der Waals surface area contributed by atoms with Gasteiger partial charge in [-0.05, 0) is 43.9 Å². The molecule has 4 aromatic rings. The number of pyridine rings is 2. The SMILES string of the molecule is CNC.O=C1NCc2c(-c3cnc4cc(F)ccn34)ccc(Nc3ccc(N4CCOCC4)cn3)c21.